The van der Waals surface area contributed by atoms with Gasteiger partial charge in [0.1, 0.15) is 0 Å². The van der Waals surface area contributed by atoms with Crippen molar-refractivity contribution in [3.8, 4) is 28.4 Å². The van der Waals surface area contributed by atoms with Gasteiger partial charge in [0.15, 0.2) is 11.5 Å². The number of benzene rings is 1. The molecule has 4 aromatic rings. The van der Waals surface area contributed by atoms with Crippen LogP contribution in [-0.4, -0.2) is 49.1 Å². The summed E-state index contributed by atoms with van der Waals surface area (Å²) in [7, 11) is 4.46. The quantitative estimate of drug-likeness (QED) is 0.284. The lowest BCUT2D eigenvalue weighted by Crippen LogP contribution is -2.07. The molecule has 0 atom stereocenters. The highest BCUT2D eigenvalue weighted by molar-refractivity contribution is 6.12. The number of fused-ring (bicyclic) bond motifs is 1. The largest absolute Gasteiger partial charge is 0.493 e. The van der Waals surface area contributed by atoms with Gasteiger partial charge in [-0.3, -0.25) is 9.78 Å². The summed E-state index contributed by atoms with van der Waals surface area (Å²) < 4.78 is 23.1. The molecule has 0 saturated heterocycles. The summed E-state index contributed by atoms with van der Waals surface area (Å²) in [6.07, 6.45) is 5.16. The van der Waals surface area contributed by atoms with E-state index in [1.807, 2.05) is 24.3 Å². The number of aromatic nitrogens is 2. The SMILES string of the molecule is CCOC(=O)c1cc(C(=O)c2cc(OC)c(OC)c(OC)c2)n2ccc(-c3ccncc3)cc12. The lowest BCUT2D eigenvalue weighted by atomic mass is 10.1. The number of methoxy groups -OCH3 is 3. The number of pyridine rings is 2. The third-order valence-electron chi connectivity index (χ3n) is 5.44. The van der Waals surface area contributed by atoms with Crippen LogP contribution < -0.4 is 14.2 Å². The molecule has 0 amide bonds. The summed E-state index contributed by atoms with van der Waals surface area (Å²) in [5, 5.41) is 0. The molecule has 0 aliphatic rings. The maximum Gasteiger partial charge on any atom is 0.340 e. The number of esters is 1. The lowest BCUT2D eigenvalue weighted by Gasteiger charge is -2.13. The van der Waals surface area contributed by atoms with Crippen LogP contribution in [0.5, 0.6) is 17.2 Å². The van der Waals surface area contributed by atoms with E-state index in [2.05, 4.69) is 4.98 Å². The number of nitrogens with zero attached hydrogens (tertiary/aromatic N) is 2. The van der Waals surface area contributed by atoms with Crippen LogP contribution in [-0.2, 0) is 4.74 Å². The van der Waals surface area contributed by atoms with Gasteiger partial charge in [0.2, 0.25) is 11.5 Å². The molecule has 8 heteroatoms. The molecule has 0 aliphatic heterocycles. The molecule has 3 heterocycles. The Labute approximate surface area is 196 Å². The van der Waals surface area contributed by atoms with Crippen LogP contribution in [0.25, 0.3) is 16.6 Å². The molecule has 0 radical (unpaired) electrons. The topological polar surface area (TPSA) is 88.4 Å². The maximum atomic E-state index is 13.6. The zero-order valence-corrected chi connectivity index (χ0v) is 19.3. The van der Waals surface area contributed by atoms with Crippen molar-refractivity contribution in [3.63, 3.8) is 0 Å². The Kier molecular flexibility index (Phi) is 6.49. The number of carbonyl (C=O) groups excluding carboxylic acids is 2. The Morgan fingerprint density at radius 3 is 2.15 bits per heavy atom. The standard InChI is InChI=1S/C26H24N2O6/c1-5-34-26(30)19-15-21(24(29)18-13-22(31-2)25(33-4)23(14-18)32-3)28-11-8-17(12-20(19)28)16-6-9-27-10-7-16/h6-15H,5H2,1-4H3. The van der Waals surface area contributed by atoms with Gasteiger partial charge in [-0.25, -0.2) is 4.79 Å². The van der Waals surface area contributed by atoms with Crippen LogP contribution in [0.3, 0.4) is 0 Å². The second-order valence-electron chi connectivity index (χ2n) is 7.31. The molecule has 3 aromatic heterocycles. The molecule has 8 nitrogen and oxygen atoms in total. The third kappa shape index (κ3) is 4.05. The first-order chi connectivity index (χ1) is 16.5. The minimum Gasteiger partial charge on any atom is -0.493 e. The van der Waals surface area contributed by atoms with E-state index < -0.39 is 5.97 Å². The van der Waals surface area contributed by atoms with E-state index in [1.54, 1.807) is 48.1 Å². The van der Waals surface area contributed by atoms with Gasteiger partial charge >= 0.3 is 5.97 Å². The summed E-state index contributed by atoms with van der Waals surface area (Å²) in [5.74, 6) is 0.279. The molecule has 1 aromatic carbocycles. The van der Waals surface area contributed by atoms with Gasteiger partial charge in [-0.2, -0.15) is 0 Å². The summed E-state index contributed by atoms with van der Waals surface area (Å²) >= 11 is 0. The molecular weight excluding hydrogens is 436 g/mol. The van der Waals surface area contributed by atoms with Gasteiger partial charge in [-0.05, 0) is 60.5 Å². The fraction of sp³-hybridized carbons (Fsp3) is 0.192. The fourth-order valence-electron chi connectivity index (χ4n) is 3.83. The molecule has 34 heavy (non-hydrogen) atoms. The van der Waals surface area contributed by atoms with Gasteiger partial charge < -0.3 is 23.3 Å². The molecular formula is C26H24N2O6. The summed E-state index contributed by atoms with van der Waals surface area (Å²) in [6, 6.07) is 12.2. The second-order valence-corrected chi connectivity index (χ2v) is 7.31. The first-order valence-electron chi connectivity index (χ1n) is 10.6. The minimum atomic E-state index is -0.504. The highest BCUT2D eigenvalue weighted by Gasteiger charge is 2.24. The van der Waals surface area contributed by atoms with Crippen molar-refractivity contribution in [3.05, 3.63) is 77.9 Å². The maximum absolute atomic E-state index is 13.6. The molecule has 0 bridgehead atoms. The first-order valence-corrected chi connectivity index (χ1v) is 10.6. The number of ketones is 1. The van der Waals surface area contributed by atoms with Crippen LogP contribution in [0.4, 0.5) is 0 Å². The average Bonchev–Trinajstić information content (AvgIpc) is 3.27. The van der Waals surface area contributed by atoms with Crippen molar-refractivity contribution in [2.24, 2.45) is 0 Å². The third-order valence-corrected chi connectivity index (χ3v) is 5.44. The van der Waals surface area contributed by atoms with Gasteiger partial charge in [0.25, 0.3) is 0 Å². The highest BCUT2D eigenvalue weighted by atomic mass is 16.5. The molecule has 0 fully saturated rings. The van der Waals surface area contributed by atoms with Crippen molar-refractivity contribution >= 4 is 17.3 Å². The number of rotatable bonds is 8. The average molecular weight is 460 g/mol. The minimum absolute atomic E-state index is 0.219. The van der Waals surface area contributed by atoms with E-state index in [0.29, 0.717) is 39.6 Å². The smallest absolute Gasteiger partial charge is 0.340 e. The number of ether oxygens (including phenoxy) is 4. The predicted molar refractivity (Wildman–Crippen MR) is 126 cm³/mol. The lowest BCUT2D eigenvalue weighted by molar-refractivity contribution is 0.0529. The Morgan fingerprint density at radius 2 is 1.56 bits per heavy atom. The predicted octanol–water partition coefficient (Wildman–Crippen LogP) is 4.43. The summed E-state index contributed by atoms with van der Waals surface area (Å²) in [4.78, 5) is 30.4. The van der Waals surface area contributed by atoms with Crippen molar-refractivity contribution in [2.45, 2.75) is 6.92 Å². The van der Waals surface area contributed by atoms with Crippen LogP contribution in [0.1, 0.15) is 33.3 Å². The van der Waals surface area contributed by atoms with Crippen molar-refractivity contribution in [1.82, 2.24) is 9.38 Å². The molecule has 0 N–H and O–H groups in total. The normalized spacial score (nSPS) is 10.7. The Balaban J connectivity index is 1.89. The van der Waals surface area contributed by atoms with E-state index in [0.717, 1.165) is 11.1 Å². The Bertz CT molecular complexity index is 1340. The number of hydrogen-bond acceptors (Lipinski definition) is 7. The van der Waals surface area contributed by atoms with Crippen molar-refractivity contribution in [1.29, 1.82) is 0 Å². The molecule has 0 saturated carbocycles. The summed E-state index contributed by atoms with van der Waals surface area (Å²) in [6.45, 7) is 1.96. The van der Waals surface area contributed by atoms with E-state index in [9.17, 15) is 9.59 Å². The van der Waals surface area contributed by atoms with Crippen molar-refractivity contribution < 1.29 is 28.5 Å². The van der Waals surface area contributed by atoms with Gasteiger partial charge in [0, 0.05) is 24.2 Å². The fourth-order valence-corrected chi connectivity index (χ4v) is 3.83. The zero-order chi connectivity index (χ0) is 24.2. The number of carbonyl (C=O) groups is 2. The zero-order valence-electron chi connectivity index (χ0n) is 19.3. The summed E-state index contributed by atoms with van der Waals surface area (Å²) in [5.41, 5.74) is 3.30. The molecule has 4 rings (SSSR count). The van der Waals surface area contributed by atoms with Gasteiger partial charge in [-0.15, -0.1) is 0 Å². The van der Waals surface area contributed by atoms with Crippen LogP contribution in [0.2, 0.25) is 0 Å². The van der Waals surface area contributed by atoms with Gasteiger partial charge in [-0.1, -0.05) is 0 Å². The number of hydrogen-bond donors (Lipinski definition) is 0. The second kappa shape index (κ2) is 9.66. The Hall–Kier alpha value is -4.33. The monoisotopic (exact) mass is 460 g/mol. The molecule has 174 valence electrons. The molecule has 0 aliphatic carbocycles. The first kappa shape index (κ1) is 22.8. The van der Waals surface area contributed by atoms with Gasteiger partial charge in [0.05, 0.1) is 44.7 Å². The van der Waals surface area contributed by atoms with E-state index >= 15 is 0 Å². The van der Waals surface area contributed by atoms with E-state index in [4.69, 9.17) is 18.9 Å². The Morgan fingerprint density at radius 1 is 0.882 bits per heavy atom. The van der Waals surface area contributed by atoms with E-state index in [1.165, 1.54) is 21.3 Å². The molecule has 0 unspecified atom stereocenters. The highest BCUT2D eigenvalue weighted by Crippen LogP contribution is 2.39. The van der Waals surface area contributed by atoms with E-state index in [-0.39, 0.29) is 12.4 Å². The van der Waals surface area contributed by atoms with Crippen LogP contribution >= 0.6 is 0 Å². The van der Waals surface area contributed by atoms with Crippen molar-refractivity contribution in [2.75, 3.05) is 27.9 Å². The van der Waals surface area contributed by atoms with Crippen LogP contribution in [0.15, 0.2) is 61.1 Å². The molecule has 0 spiro atoms. The van der Waals surface area contributed by atoms with Crippen LogP contribution in [0, 0.1) is 0 Å².